The van der Waals surface area contributed by atoms with Crippen LogP contribution in [-0.4, -0.2) is 30.9 Å². The SMILES string of the molecule is Cn1c(N2CCOCC2)cc(=O)c2cccc(Oc3ccccc3)c21. The number of morpholine rings is 1. The highest BCUT2D eigenvalue weighted by molar-refractivity contribution is 5.87. The highest BCUT2D eigenvalue weighted by Gasteiger charge is 2.18. The number of para-hydroxylation sites is 2. The van der Waals surface area contributed by atoms with Crippen molar-refractivity contribution in [2.75, 3.05) is 31.2 Å². The summed E-state index contributed by atoms with van der Waals surface area (Å²) in [6, 6.07) is 16.9. The molecule has 0 amide bonds. The zero-order chi connectivity index (χ0) is 17.2. The molecule has 1 aromatic heterocycles. The van der Waals surface area contributed by atoms with E-state index in [-0.39, 0.29) is 5.43 Å². The molecule has 3 aromatic rings. The summed E-state index contributed by atoms with van der Waals surface area (Å²) >= 11 is 0. The number of aromatic nitrogens is 1. The van der Waals surface area contributed by atoms with Crippen LogP contribution in [0.5, 0.6) is 11.5 Å². The molecule has 5 nitrogen and oxygen atoms in total. The molecule has 1 aliphatic rings. The Kier molecular flexibility index (Phi) is 4.15. The van der Waals surface area contributed by atoms with Gasteiger partial charge in [0.05, 0.1) is 18.7 Å². The fourth-order valence-corrected chi connectivity index (χ4v) is 3.27. The summed E-state index contributed by atoms with van der Waals surface area (Å²) in [5.74, 6) is 2.32. The predicted molar refractivity (Wildman–Crippen MR) is 98.7 cm³/mol. The number of hydrogen-bond acceptors (Lipinski definition) is 4. The lowest BCUT2D eigenvalue weighted by atomic mass is 10.1. The van der Waals surface area contributed by atoms with Crippen LogP contribution in [0, 0.1) is 0 Å². The molecule has 0 bridgehead atoms. The normalized spacial score (nSPS) is 14.7. The van der Waals surface area contributed by atoms with Crippen molar-refractivity contribution in [1.29, 1.82) is 0 Å². The second kappa shape index (κ2) is 6.61. The van der Waals surface area contributed by atoms with Crippen LogP contribution >= 0.6 is 0 Å². The molecule has 25 heavy (non-hydrogen) atoms. The summed E-state index contributed by atoms with van der Waals surface area (Å²) in [5, 5.41) is 0.660. The van der Waals surface area contributed by atoms with E-state index in [2.05, 4.69) is 4.90 Å². The van der Waals surface area contributed by atoms with Gasteiger partial charge in [0.15, 0.2) is 11.2 Å². The fraction of sp³-hybridized carbons (Fsp3) is 0.250. The van der Waals surface area contributed by atoms with E-state index in [0.29, 0.717) is 24.3 Å². The summed E-state index contributed by atoms with van der Waals surface area (Å²) in [4.78, 5) is 14.9. The van der Waals surface area contributed by atoms with Crippen LogP contribution in [-0.2, 0) is 11.8 Å². The Bertz CT molecular complexity index is 944. The second-order valence-electron chi connectivity index (χ2n) is 6.09. The molecule has 1 saturated heterocycles. The number of benzene rings is 2. The van der Waals surface area contributed by atoms with Crippen molar-refractivity contribution >= 4 is 16.7 Å². The van der Waals surface area contributed by atoms with Crippen molar-refractivity contribution in [1.82, 2.24) is 4.57 Å². The van der Waals surface area contributed by atoms with Crippen LogP contribution in [0.4, 0.5) is 5.82 Å². The molecule has 1 fully saturated rings. The lowest BCUT2D eigenvalue weighted by Crippen LogP contribution is -2.38. The number of ether oxygens (including phenoxy) is 2. The average molecular weight is 336 g/mol. The van der Waals surface area contributed by atoms with E-state index >= 15 is 0 Å². The van der Waals surface area contributed by atoms with E-state index in [1.807, 2.05) is 60.1 Å². The van der Waals surface area contributed by atoms with Gasteiger partial charge in [-0.1, -0.05) is 24.3 Å². The second-order valence-corrected chi connectivity index (χ2v) is 6.09. The van der Waals surface area contributed by atoms with E-state index in [9.17, 15) is 4.79 Å². The number of nitrogens with zero attached hydrogens (tertiary/aromatic N) is 2. The van der Waals surface area contributed by atoms with Gasteiger partial charge in [-0.25, -0.2) is 0 Å². The molecular formula is C20H20N2O3. The molecule has 0 unspecified atom stereocenters. The van der Waals surface area contributed by atoms with Gasteiger partial charge in [0, 0.05) is 31.6 Å². The monoisotopic (exact) mass is 336 g/mol. The van der Waals surface area contributed by atoms with Gasteiger partial charge >= 0.3 is 0 Å². The zero-order valence-electron chi connectivity index (χ0n) is 14.1. The summed E-state index contributed by atoms with van der Waals surface area (Å²) in [6.45, 7) is 2.91. The van der Waals surface area contributed by atoms with Gasteiger partial charge in [0.2, 0.25) is 0 Å². The third-order valence-corrected chi connectivity index (χ3v) is 4.51. The summed E-state index contributed by atoms with van der Waals surface area (Å²) in [7, 11) is 1.98. The minimum Gasteiger partial charge on any atom is -0.455 e. The number of pyridine rings is 1. The largest absolute Gasteiger partial charge is 0.455 e. The smallest absolute Gasteiger partial charge is 0.191 e. The van der Waals surface area contributed by atoms with Crippen molar-refractivity contribution in [3.8, 4) is 11.5 Å². The summed E-state index contributed by atoms with van der Waals surface area (Å²) in [6.07, 6.45) is 0. The lowest BCUT2D eigenvalue weighted by molar-refractivity contribution is 0.122. The Morgan fingerprint density at radius 2 is 1.76 bits per heavy atom. The third-order valence-electron chi connectivity index (χ3n) is 4.51. The maximum Gasteiger partial charge on any atom is 0.191 e. The van der Waals surface area contributed by atoms with E-state index < -0.39 is 0 Å². The first kappa shape index (κ1) is 15.7. The van der Waals surface area contributed by atoms with Gasteiger partial charge < -0.3 is 18.9 Å². The van der Waals surface area contributed by atoms with E-state index in [1.165, 1.54) is 0 Å². The molecule has 128 valence electrons. The Balaban J connectivity index is 1.86. The first-order valence-corrected chi connectivity index (χ1v) is 8.42. The standard InChI is InChI=1S/C20H20N2O3/c1-21-19(22-10-12-24-13-11-22)14-17(23)16-8-5-9-18(20(16)21)25-15-6-3-2-4-7-15/h2-9,14H,10-13H2,1H3. The Morgan fingerprint density at radius 1 is 1.00 bits per heavy atom. The summed E-state index contributed by atoms with van der Waals surface area (Å²) in [5.41, 5.74) is 0.813. The van der Waals surface area contributed by atoms with E-state index in [0.717, 1.165) is 30.2 Å². The molecule has 2 heterocycles. The molecule has 0 radical (unpaired) electrons. The van der Waals surface area contributed by atoms with Gasteiger partial charge in [-0.05, 0) is 24.3 Å². The fourth-order valence-electron chi connectivity index (χ4n) is 3.27. The average Bonchev–Trinajstić information content (AvgIpc) is 2.66. The molecule has 5 heteroatoms. The molecule has 0 aliphatic carbocycles. The van der Waals surface area contributed by atoms with Gasteiger partial charge in [-0.2, -0.15) is 0 Å². The molecule has 0 spiro atoms. The quantitative estimate of drug-likeness (QED) is 0.737. The maximum atomic E-state index is 12.7. The van der Waals surface area contributed by atoms with Crippen LogP contribution in [0.15, 0.2) is 59.4 Å². The van der Waals surface area contributed by atoms with Crippen LogP contribution in [0.2, 0.25) is 0 Å². The lowest BCUT2D eigenvalue weighted by Gasteiger charge is -2.31. The van der Waals surface area contributed by atoms with Crippen molar-refractivity contribution in [2.24, 2.45) is 7.05 Å². The van der Waals surface area contributed by atoms with Gasteiger partial charge in [-0.3, -0.25) is 4.79 Å². The molecule has 0 saturated carbocycles. The van der Waals surface area contributed by atoms with E-state index in [1.54, 1.807) is 6.07 Å². The molecule has 1 aliphatic heterocycles. The Labute approximate surface area is 146 Å². The molecule has 2 aromatic carbocycles. The first-order chi connectivity index (χ1) is 12.2. The Morgan fingerprint density at radius 3 is 2.52 bits per heavy atom. The van der Waals surface area contributed by atoms with Crippen molar-refractivity contribution in [3.63, 3.8) is 0 Å². The maximum absolute atomic E-state index is 12.7. The highest BCUT2D eigenvalue weighted by atomic mass is 16.5. The number of hydrogen-bond donors (Lipinski definition) is 0. The number of fused-ring (bicyclic) bond motifs is 1. The van der Waals surface area contributed by atoms with Gasteiger partial charge in [-0.15, -0.1) is 0 Å². The zero-order valence-corrected chi connectivity index (χ0v) is 14.1. The van der Waals surface area contributed by atoms with E-state index in [4.69, 9.17) is 9.47 Å². The number of anilines is 1. The van der Waals surface area contributed by atoms with Crippen molar-refractivity contribution < 1.29 is 9.47 Å². The summed E-state index contributed by atoms with van der Waals surface area (Å²) < 4.78 is 13.5. The van der Waals surface area contributed by atoms with Gasteiger partial charge in [0.1, 0.15) is 11.6 Å². The topological polar surface area (TPSA) is 43.7 Å². The molecule has 0 atom stereocenters. The minimum absolute atomic E-state index is 0.00750. The third kappa shape index (κ3) is 2.98. The van der Waals surface area contributed by atoms with Crippen LogP contribution in [0.3, 0.4) is 0 Å². The van der Waals surface area contributed by atoms with Crippen molar-refractivity contribution in [3.05, 3.63) is 64.8 Å². The number of aryl methyl sites for hydroxylation is 1. The van der Waals surface area contributed by atoms with Crippen LogP contribution < -0.4 is 15.1 Å². The van der Waals surface area contributed by atoms with Gasteiger partial charge in [0.25, 0.3) is 0 Å². The Hall–Kier alpha value is -2.79. The number of rotatable bonds is 3. The van der Waals surface area contributed by atoms with Crippen molar-refractivity contribution in [2.45, 2.75) is 0 Å². The first-order valence-electron chi connectivity index (χ1n) is 8.42. The molecular weight excluding hydrogens is 316 g/mol. The molecule has 4 rings (SSSR count). The van der Waals surface area contributed by atoms with Crippen LogP contribution in [0.25, 0.3) is 10.9 Å². The minimum atomic E-state index is 0.00750. The van der Waals surface area contributed by atoms with Crippen LogP contribution in [0.1, 0.15) is 0 Å². The predicted octanol–water partition coefficient (Wildman–Crippen LogP) is 3.17. The highest BCUT2D eigenvalue weighted by Crippen LogP contribution is 2.30. The molecule has 0 N–H and O–H groups in total.